The minimum Gasteiger partial charge on any atom is -0.456 e. The number of furan rings is 1. The number of aromatic nitrogens is 1. The number of hydrogen-bond acceptors (Lipinski definition) is 1. The molecule has 0 fully saturated rings. The van der Waals surface area contributed by atoms with E-state index in [-0.39, 0.29) is 0 Å². The van der Waals surface area contributed by atoms with E-state index in [1.807, 2.05) is 12.1 Å². The summed E-state index contributed by atoms with van der Waals surface area (Å²) in [6, 6.07) is 54.4. The Morgan fingerprint density at radius 3 is 1.93 bits per heavy atom. The summed E-state index contributed by atoms with van der Waals surface area (Å²) >= 11 is 0. The van der Waals surface area contributed by atoms with Gasteiger partial charge in [-0.05, 0) is 75.5 Å². The monoisotopic (exact) mass is 535 g/mol. The van der Waals surface area contributed by atoms with E-state index in [2.05, 4.69) is 144 Å². The predicted molar refractivity (Wildman–Crippen MR) is 176 cm³/mol. The Morgan fingerprint density at radius 1 is 0.381 bits per heavy atom. The van der Waals surface area contributed by atoms with Crippen LogP contribution in [0.5, 0.6) is 0 Å². The smallest absolute Gasteiger partial charge is 0.135 e. The largest absolute Gasteiger partial charge is 0.456 e. The molecule has 0 saturated heterocycles. The number of fused-ring (bicyclic) bond motifs is 7. The lowest BCUT2D eigenvalue weighted by atomic mass is 9.98. The molecule has 9 rings (SSSR count). The molecular weight excluding hydrogens is 510 g/mol. The van der Waals surface area contributed by atoms with Crippen molar-refractivity contribution in [3.63, 3.8) is 0 Å². The van der Waals surface area contributed by atoms with Crippen molar-refractivity contribution < 1.29 is 4.42 Å². The summed E-state index contributed by atoms with van der Waals surface area (Å²) in [5.74, 6) is 0. The van der Waals surface area contributed by atoms with Gasteiger partial charge in [-0.2, -0.15) is 0 Å². The van der Waals surface area contributed by atoms with Crippen molar-refractivity contribution >= 4 is 54.5 Å². The average Bonchev–Trinajstić information content (AvgIpc) is 3.59. The molecule has 2 nitrogen and oxygen atoms in total. The van der Waals surface area contributed by atoms with Gasteiger partial charge >= 0.3 is 0 Å². The summed E-state index contributed by atoms with van der Waals surface area (Å²) in [5, 5.41) is 7.34. The Bertz CT molecular complexity index is 2450. The molecule has 2 heteroatoms. The molecule has 0 aliphatic heterocycles. The molecule has 0 radical (unpaired) electrons. The third-order valence-corrected chi connectivity index (χ3v) is 8.61. The molecule has 7 aromatic carbocycles. The van der Waals surface area contributed by atoms with E-state index in [9.17, 15) is 0 Å². The molecule has 42 heavy (non-hydrogen) atoms. The molecule has 2 aromatic heterocycles. The number of benzene rings is 7. The van der Waals surface area contributed by atoms with Gasteiger partial charge in [0, 0.05) is 27.2 Å². The molecule has 196 valence electrons. The highest BCUT2D eigenvalue weighted by atomic mass is 16.3. The third kappa shape index (κ3) is 3.45. The van der Waals surface area contributed by atoms with Gasteiger partial charge in [-0.3, -0.25) is 0 Å². The van der Waals surface area contributed by atoms with Gasteiger partial charge in [0.05, 0.1) is 11.0 Å². The first-order valence-corrected chi connectivity index (χ1v) is 14.4. The molecule has 2 heterocycles. The van der Waals surface area contributed by atoms with Crippen LogP contribution in [0.1, 0.15) is 0 Å². The van der Waals surface area contributed by atoms with Crippen molar-refractivity contribution in [2.45, 2.75) is 0 Å². The number of nitrogens with zero attached hydrogens (tertiary/aromatic N) is 1. The highest BCUT2D eigenvalue weighted by Gasteiger charge is 2.15. The second kappa shape index (κ2) is 8.95. The van der Waals surface area contributed by atoms with Crippen LogP contribution >= 0.6 is 0 Å². The van der Waals surface area contributed by atoms with E-state index in [4.69, 9.17) is 4.42 Å². The number of rotatable bonds is 3. The normalized spacial score (nSPS) is 11.8. The lowest BCUT2D eigenvalue weighted by Crippen LogP contribution is -1.94. The van der Waals surface area contributed by atoms with Crippen molar-refractivity contribution in [2.75, 3.05) is 0 Å². The Hall–Kier alpha value is -5.60. The first kappa shape index (κ1) is 23.1. The zero-order valence-electron chi connectivity index (χ0n) is 22.8. The van der Waals surface area contributed by atoms with E-state index in [1.165, 1.54) is 54.8 Å². The second-order valence-electron chi connectivity index (χ2n) is 11.0. The van der Waals surface area contributed by atoms with Gasteiger partial charge in [0.1, 0.15) is 11.2 Å². The zero-order chi connectivity index (χ0) is 27.6. The minimum atomic E-state index is 0.918. The first-order chi connectivity index (χ1) is 20.8. The van der Waals surface area contributed by atoms with Gasteiger partial charge in [-0.15, -0.1) is 0 Å². The fourth-order valence-corrected chi connectivity index (χ4v) is 6.60. The Kier molecular flexibility index (Phi) is 4.93. The Labute approximate surface area is 242 Å². The summed E-state index contributed by atoms with van der Waals surface area (Å²) in [6.45, 7) is 0. The van der Waals surface area contributed by atoms with Crippen LogP contribution in [0.4, 0.5) is 0 Å². The molecular formula is C40H25NO. The van der Waals surface area contributed by atoms with E-state index >= 15 is 0 Å². The summed E-state index contributed by atoms with van der Waals surface area (Å²) in [5.41, 5.74) is 10.2. The van der Waals surface area contributed by atoms with Crippen molar-refractivity contribution in [3.8, 4) is 27.9 Å². The van der Waals surface area contributed by atoms with Crippen molar-refractivity contribution in [2.24, 2.45) is 0 Å². The van der Waals surface area contributed by atoms with Gasteiger partial charge in [0.2, 0.25) is 0 Å². The summed E-state index contributed by atoms with van der Waals surface area (Å²) in [7, 11) is 0. The van der Waals surface area contributed by atoms with Crippen LogP contribution in [0.25, 0.3) is 82.5 Å². The van der Waals surface area contributed by atoms with E-state index in [0.29, 0.717) is 0 Å². The lowest BCUT2D eigenvalue weighted by molar-refractivity contribution is 0.669. The van der Waals surface area contributed by atoms with Crippen LogP contribution in [-0.4, -0.2) is 4.57 Å². The van der Waals surface area contributed by atoms with Crippen molar-refractivity contribution in [3.05, 3.63) is 152 Å². The molecule has 0 aliphatic carbocycles. The molecule has 9 aromatic rings. The van der Waals surface area contributed by atoms with Gasteiger partial charge in [0.25, 0.3) is 0 Å². The van der Waals surface area contributed by atoms with E-state index < -0.39 is 0 Å². The van der Waals surface area contributed by atoms with Crippen LogP contribution in [-0.2, 0) is 0 Å². The summed E-state index contributed by atoms with van der Waals surface area (Å²) < 4.78 is 8.49. The summed E-state index contributed by atoms with van der Waals surface area (Å²) in [6.07, 6.45) is 0. The number of hydrogen-bond donors (Lipinski definition) is 0. The maximum atomic E-state index is 6.09. The van der Waals surface area contributed by atoms with Crippen molar-refractivity contribution in [1.29, 1.82) is 0 Å². The molecule has 0 N–H and O–H groups in total. The highest BCUT2D eigenvalue weighted by molar-refractivity contribution is 6.11. The van der Waals surface area contributed by atoms with Crippen LogP contribution in [0.2, 0.25) is 0 Å². The topological polar surface area (TPSA) is 18.1 Å². The van der Waals surface area contributed by atoms with Gasteiger partial charge in [-0.1, -0.05) is 109 Å². The quantitative estimate of drug-likeness (QED) is 0.220. The molecule has 0 aliphatic rings. The standard InChI is InChI=1S/C40H25NO/c1-2-10-31-26(8-1)9-7-13-32(31)27-16-20-30(21-17-27)41-37-14-5-3-11-33(37)34-22-18-29(25-38(34)41)28-19-23-40-36(24-28)35-12-4-6-15-39(35)42-40/h1-25H. The molecule has 0 saturated carbocycles. The molecule has 0 bridgehead atoms. The average molecular weight is 536 g/mol. The van der Waals surface area contributed by atoms with Gasteiger partial charge < -0.3 is 8.98 Å². The first-order valence-electron chi connectivity index (χ1n) is 14.4. The Balaban J connectivity index is 1.22. The SMILES string of the molecule is c1ccc2c(-c3ccc(-n4c5ccccc5c5ccc(-c6ccc7oc8ccccc8c7c6)cc54)cc3)cccc2c1. The highest BCUT2D eigenvalue weighted by Crippen LogP contribution is 2.37. The Morgan fingerprint density at radius 2 is 1.02 bits per heavy atom. The summed E-state index contributed by atoms with van der Waals surface area (Å²) in [4.78, 5) is 0. The van der Waals surface area contributed by atoms with Crippen LogP contribution in [0, 0.1) is 0 Å². The molecule has 0 amide bonds. The zero-order valence-corrected chi connectivity index (χ0v) is 22.8. The fraction of sp³-hybridized carbons (Fsp3) is 0. The van der Waals surface area contributed by atoms with E-state index in [1.54, 1.807) is 0 Å². The molecule has 0 spiro atoms. The maximum Gasteiger partial charge on any atom is 0.135 e. The minimum absolute atomic E-state index is 0.918. The van der Waals surface area contributed by atoms with Crippen molar-refractivity contribution in [1.82, 2.24) is 4.57 Å². The lowest BCUT2D eigenvalue weighted by Gasteiger charge is -2.11. The number of para-hydroxylation sites is 2. The van der Waals surface area contributed by atoms with Crippen LogP contribution < -0.4 is 0 Å². The third-order valence-electron chi connectivity index (χ3n) is 8.61. The molecule has 0 atom stereocenters. The van der Waals surface area contributed by atoms with E-state index in [0.717, 1.165) is 27.6 Å². The van der Waals surface area contributed by atoms with Gasteiger partial charge in [0.15, 0.2) is 0 Å². The maximum absolute atomic E-state index is 6.09. The van der Waals surface area contributed by atoms with Crippen LogP contribution in [0.15, 0.2) is 156 Å². The fourth-order valence-electron chi connectivity index (χ4n) is 6.60. The van der Waals surface area contributed by atoms with Crippen LogP contribution in [0.3, 0.4) is 0 Å². The predicted octanol–water partition coefficient (Wildman–Crippen LogP) is 11.2. The second-order valence-corrected chi connectivity index (χ2v) is 11.0. The van der Waals surface area contributed by atoms with Gasteiger partial charge in [-0.25, -0.2) is 0 Å². The molecule has 0 unspecified atom stereocenters.